The quantitative estimate of drug-likeness (QED) is 0.165. The van der Waals surface area contributed by atoms with E-state index in [1.165, 1.54) is 11.0 Å². The minimum atomic E-state index is -0.104. The van der Waals surface area contributed by atoms with Crippen molar-refractivity contribution >= 4 is 123 Å². The van der Waals surface area contributed by atoms with Crippen LogP contribution < -0.4 is 30.9 Å². The van der Waals surface area contributed by atoms with Gasteiger partial charge in [-0.1, -0.05) is 106 Å². The summed E-state index contributed by atoms with van der Waals surface area (Å²) in [6.07, 6.45) is 0. The lowest BCUT2D eigenvalue weighted by Gasteiger charge is -2.40. The topological polar surface area (TPSA) is 55.1 Å². The van der Waals surface area contributed by atoms with Crippen molar-refractivity contribution in [2.75, 3.05) is 9.80 Å². The number of furan rings is 3. The van der Waals surface area contributed by atoms with Gasteiger partial charge in [0.15, 0.2) is 0 Å². The Morgan fingerprint density at radius 2 is 0.954 bits per heavy atom. The lowest BCUT2D eigenvalue weighted by molar-refractivity contribution is 0.487. The van der Waals surface area contributed by atoms with Crippen LogP contribution in [0.1, 0.15) is 26.3 Å². The summed E-state index contributed by atoms with van der Waals surface area (Å²) in [6.45, 7) is 6.69. The summed E-state index contributed by atoms with van der Waals surface area (Å²) >= 11 is 0. The Bertz CT molecular complexity index is 3830. The molecule has 6 nitrogen and oxygen atoms in total. The Morgan fingerprint density at radius 3 is 1.57 bits per heavy atom. The molecule has 9 aromatic carbocycles. The van der Waals surface area contributed by atoms with Gasteiger partial charge in [-0.05, 0) is 118 Å². The summed E-state index contributed by atoms with van der Waals surface area (Å²) in [6, 6.07) is 64.8. The number of anilines is 6. The van der Waals surface area contributed by atoms with Crippen molar-refractivity contribution in [1.29, 1.82) is 0 Å². The van der Waals surface area contributed by atoms with Crippen molar-refractivity contribution in [3.05, 3.63) is 188 Å². The summed E-state index contributed by atoms with van der Waals surface area (Å²) in [5.74, 6) is 1.66. The summed E-state index contributed by atoms with van der Waals surface area (Å²) in [4.78, 5) is 4.80. The first-order chi connectivity index (χ1) is 31.8. The maximum Gasteiger partial charge on any atom is 0.256 e. The van der Waals surface area contributed by atoms with E-state index in [1.54, 1.807) is 0 Å². The highest BCUT2D eigenvalue weighted by molar-refractivity contribution is 6.99. The van der Waals surface area contributed by atoms with Gasteiger partial charge in [0.1, 0.15) is 45.0 Å². The van der Waals surface area contributed by atoms with Crippen molar-refractivity contribution in [3.63, 3.8) is 0 Å². The van der Waals surface area contributed by atoms with Crippen LogP contribution in [-0.2, 0) is 5.41 Å². The highest BCUT2D eigenvalue weighted by Crippen LogP contribution is 2.46. The van der Waals surface area contributed by atoms with Crippen LogP contribution in [0.15, 0.2) is 195 Å². The molecule has 308 valence electrons. The minimum Gasteiger partial charge on any atom is -0.458 e. The number of para-hydroxylation sites is 3. The molecule has 0 aliphatic carbocycles. The van der Waals surface area contributed by atoms with E-state index in [2.05, 4.69) is 176 Å². The van der Waals surface area contributed by atoms with E-state index in [-0.39, 0.29) is 12.1 Å². The summed E-state index contributed by atoms with van der Waals surface area (Å²) < 4.78 is 26.0. The number of benzene rings is 9. The molecule has 5 heterocycles. The third-order valence-electron chi connectivity index (χ3n) is 13.7. The van der Waals surface area contributed by atoms with Crippen LogP contribution in [0, 0.1) is 0 Å². The number of nitrogens with zero attached hydrogens (tertiary/aromatic N) is 2. The van der Waals surface area contributed by atoms with Gasteiger partial charge in [-0.3, -0.25) is 0 Å². The molecule has 0 bridgehead atoms. The molecule has 0 saturated heterocycles. The highest BCUT2D eigenvalue weighted by atomic mass is 16.5. The maximum atomic E-state index is 6.88. The number of fused-ring (bicyclic) bond motifs is 13. The minimum absolute atomic E-state index is 0.00594. The summed E-state index contributed by atoms with van der Waals surface area (Å²) in [5.41, 5.74) is 16.2. The molecule has 14 rings (SSSR count). The SMILES string of the molecule is CC(C)(C)c1ccc(N2c3cc(N(c4ccc5oc6ccccc6c5c4)c4ccc5oc6ccccc6c5c4)ccc3B3c4cc5c(cc4Oc4cccc2c43)oc2ccccc25)cc1. The second-order valence-corrected chi connectivity index (χ2v) is 18.5. The first kappa shape index (κ1) is 36.3. The first-order valence-corrected chi connectivity index (χ1v) is 22.3. The van der Waals surface area contributed by atoms with Crippen molar-refractivity contribution in [2.24, 2.45) is 0 Å². The van der Waals surface area contributed by atoms with Crippen LogP contribution in [0.2, 0.25) is 0 Å². The molecule has 0 N–H and O–H groups in total. The third kappa shape index (κ3) is 5.36. The average molecular weight is 839 g/mol. The molecular weight excluding hydrogens is 799 g/mol. The van der Waals surface area contributed by atoms with Gasteiger partial charge in [0, 0.05) is 72.5 Å². The van der Waals surface area contributed by atoms with Gasteiger partial charge in [0.25, 0.3) is 6.71 Å². The van der Waals surface area contributed by atoms with E-state index in [9.17, 15) is 0 Å². The molecule has 0 fully saturated rings. The molecule has 2 aliphatic heterocycles. The van der Waals surface area contributed by atoms with E-state index in [0.717, 1.165) is 122 Å². The number of rotatable bonds is 4. The number of hydrogen-bond donors (Lipinski definition) is 0. The van der Waals surface area contributed by atoms with Crippen LogP contribution in [0.4, 0.5) is 34.1 Å². The Hall–Kier alpha value is -8.16. The zero-order valence-electron chi connectivity index (χ0n) is 35.9. The lowest BCUT2D eigenvalue weighted by Crippen LogP contribution is -2.59. The standard InChI is InChI=1S/C58H39BN2O4/c1-58(2,3)34-19-21-35(22-20-34)61-47-14-10-18-54-57(47)59(46-32-44-41-13-6-9-17-51(41)64-55(44)33-56(46)65-54)45-26-23-38(31-48(45)61)60(36-24-27-52-42(29-36)39-11-4-7-15-49(39)62-52)37-25-28-53-43(30-37)40-12-5-8-16-50(40)63-53/h4-33H,1-3H3. The van der Waals surface area contributed by atoms with Crippen LogP contribution in [0.25, 0.3) is 65.8 Å². The van der Waals surface area contributed by atoms with Crippen LogP contribution in [0.3, 0.4) is 0 Å². The zero-order chi connectivity index (χ0) is 43.1. The highest BCUT2D eigenvalue weighted by Gasteiger charge is 2.42. The van der Waals surface area contributed by atoms with E-state index >= 15 is 0 Å². The van der Waals surface area contributed by atoms with Gasteiger partial charge < -0.3 is 27.8 Å². The second kappa shape index (κ2) is 13.2. The van der Waals surface area contributed by atoms with Crippen molar-refractivity contribution < 1.29 is 18.0 Å². The van der Waals surface area contributed by atoms with E-state index in [4.69, 9.17) is 18.0 Å². The van der Waals surface area contributed by atoms with Crippen molar-refractivity contribution in [2.45, 2.75) is 26.2 Å². The van der Waals surface area contributed by atoms with Crippen molar-refractivity contribution in [1.82, 2.24) is 0 Å². The fraction of sp³-hybridized carbons (Fsp3) is 0.0690. The van der Waals surface area contributed by atoms with Crippen LogP contribution >= 0.6 is 0 Å². The fourth-order valence-corrected chi connectivity index (χ4v) is 10.6. The Kier molecular flexibility index (Phi) is 7.38. The largest absolute Gasteiger partial charge is 0.458 e. The predicted molar refractivity (Wildman–Crippen MR) is 268 cm³/mol. The van der Waals surface area contributed by atoms with E-state index in [0.29, 0.717) is 0 Å². The molecule has 0 amide bonds. The summed E-state index contributed by atoms with van der Waals surface area (Å²) in [7, 11) is 0. The molecule has 0 saturated carbocycles. The Balaban J connectivity index is 1.03. The van der Waals surface area contributed by atoms with Gasteiger partial charge in [-0.25, -0.2) is 0 Å². The Morgan fingerprint density at radius 1 is 0.415 bits per heavy atom. The molecule has 65 heavy (non-hydrogen) atoms. The molecule has 7 heteroatoms. The van der Waals surface area contributed by atoms with Crippen molar-refractivity contribution in [3.8, 4) is 11.5 Å². The molecule has 0 radical (unpaired) electrons. The molecule has 3 aromatic heterocycles. The molecule has 2 aliphatic rings. The van der Waals surface area contributed by atoms with Gasteiger partial charge >= 0.3 is 0 Å². The first-order valence-electron chi connectivity index (χ1n) is 22.3. The van der Waals surface area contributed by atoms with Gasteiger partial charge in [-0.15, -0.1) is 0 Å². The molecular formula is C58H39BN2O4. The molecule has 0 atom stereocenters. The smallest absolute Gasteiger partial charge is 0.256 e. The zero-order valence-corrected chi connectivity index (χ0v) is 35.9. The van der Waals surface area contributed by atoms with Crippen LogP contribution in [0.5, 0.6) is 11.5 Å². The molecule has 0 spiro atoms. The second-order valence-electron chi connectivity index (χ2n) is 18.5. The molecule has 0 unspecified atom stereocenters. The number of hydrogen-bond acceptors (Lipinski definition) is 6. The van der Waals surface area contributed by atoms with Crippen LogP contribution in [-0.4, -0.2) is 6.71 Å². The molecule has 12 aromatic rings. The Labute approximate surface area is 374 Å². The average Bonchev–Trinajstić information content (AvgIpc) is 4.01. The maximum absolute atomic E-state index is 6.88. The lowest BCUT2D eigenvalue weighted by atomic mass is 9.34. The van der Waals surface area contributed by atoms with Gasteiger partial charge in [0.2, 0.25) is 0 Å². The number of ether oxygens (including phenoxy) is 1. The predicted octanol–water partition coefficient (Wildman–Crippen LogP) is 14.6. The van der Waals surface area contributed by atoms with Gasteiger partial charge in [0.05, 0.1) is 0 Å². The fourth-order valence-electron chi connectivity index (χ4n) is 10.6. The normalized spacial score (nSPS) is 13.2. The third-order valence-corrected chi connectivity index (χ3v) is 13.7. The van der Waals surface area contributed by atoms with E-state index in [1.807, 2.05) is 36.4 Å². The monoisotopic (exact) mass is 838 g/mol. The van der Waals surface area contributed by atoms with Gasteiger partial charge in [-0.2, -0.15) is 0 Å². The van der Waals surface area contributed by atoms with E-state index < -0.39 is 0 Å². The summed E-state index contributed by atoms with van der Waals surface area (Å²) in [5, 5.41) is 6.47.